The highest BCUT2D eigenvalue weighted by Crippen LogP contribution is 2.08. The summed E-state index contributed by atoms with van der Waals surface area (Å²) in [6.45, 7) is 2.11. The largest absolute Gasteiger partial charge is 0.661 e. The first kappa shape index (κ1) is 6.05. The van der Waals surface area contributed by atoms with Crippen LogP contribution in [0.3, 0.4) is 0 Å². The van der Waals surface area contributed by atoms with Gasteiger partial charge in [0, 0.05) is 0 Å². The van der Waals surface area contributed by atoms with E-state index in [0.29, 0.717) is 6.04 Å². The number of nitrogens with zero attached hydrogens (tertiary/aromatic N) is 1. The quantitative estimate of drug-likeness (QED) is 0.533. The Morgan fingerprint density at radius 2 is 2.50 bits per heavy atom. The number of rotatable bonds is 1. The van der Waals surface area contributed by atoms with Gasteiger partial charge in [0.05, 0.1) is 0 Å². The molecule has 0 amide bonds. The fourth-order valence-electron chi connectivity index (χ4n) is 1.02. The highest BCUT2D eigenvalue weighted by atomic mass is 15.0. The summed E-state index contributed by atoms with van der Waals surface area (Å²) in [5.74, 6) is 0. The Kier molecular flexibility index (Phi) is 2.30. The normalized spacial score (nSPS) is 30.4. The molecule has 1 atom stereocenters. The molecule has 2 nitrogen and oxygen atoms in total. The molecular formula is C6H13N2-. The number of likely N-dealkylation sites (N-methyl/N-ethyl adjacent to an activating group) is 1. The first-order valence-electron chi connectivity index (χ1n) is 3.24. The van der Waals surface area contributed by atoms with E-state index in [4.69, 9.17) is 0 Å². The summed E-state index contributed by atoms with van der Waals surface area (Å²) in [7, 11) is 2.01. The van der Waals surface area contributed by atoms with Crippen molar-refractivity contribution in [3.05, 3.63) is 5.32 Å². The minimum atomic E-state index is 0.670. The molecule has 1 heterocycles. The number of nitrogens with one attached hydrogen (secondary N) is 1. The fourth-order valence-corrected chi connectivity index (χ4v) is 1.02. The molecule has 0 aliphatic carbocycles. The van der Waals surface area contributed by atoms with E-state index in [0.717, 1.165) is 13.1 Å². The summed E-state index contributed by atoms with van der Waals surface area (Å²) in [4.78, 5) is 0. The number of hydrogen-bond acceptors (Lipinski definition) is 1. The van der Waals surface area contributed by atoms with E-state index in [-0.39, 0.29) is 0 Å². The first-order valence-corrected chi connectivity index (χ1v) is 3.24. The van der Waals surface area contributed by atoms with Crippen LogP contribution in [0.2, 0.25) is 0 Å². The second-order valence-electron chi connectivity index (χ2n) is 2.26. The molecule has 8 heavy (non-hydrogen) atoms. The van der Waals surface area contributed by atoms with Gasteiger partial charge in [-0.25, -0.2) is 0 Å². The van der Waals surface area contributed by atoms with E-state index in [1.807, 2.05) is 7.05 Å². The van der Waals surface area contributed by atoms with E-state index in [1.54, 1.807) is 0 Å². The average Bonchev–Trinajstić information content (AvgIpc) is 1.90. The standard InChI is InChI=1S/C6H13N2/c1-7-6-3-2-4-8-5-6/h6-7H,2-5H2,1H3/q-1. The van der Waals surface area contributed by atoms with Crippen LogP contribution >= 0.6 is 0 Å². The van der Waals surface area contributed by atoms with Crippen molar-refractivity contribution in [2.45, 2.75) is 18.9 Å². The van der Waals surface area contributed by atoms with E-state index in [1.165, 1.54) is 12.8 Å². The maximum absolute atomic E-state index is 4.27. The van der Waals surface area contributed by atoms with E-state index in [9.17, 15) is 0 Å². The summed E-state index contributed by atoms with van der Waals surface area (Å²) >= 11 is 0. The van der Waals surface area contributed by atoms with E-state index < -0.39 is 0 Å². The van der Waals surface area contributed by atoms with Crippen molar-refractivity contribution in [3.8, 4) is 0 Å². The van der Waals surface area contributed by atoms with Crippen LogP contribution in [-0.4, -0.2) is 26.2 Å². The lowest BCUT2D eigenvalue weighted by atomic mass is 10.1. The fraction of sp³-hybridized carbons (Fsp3) is 1.00. The van der Waals surface area contributed by atoms with Crippen LogP contribution in [0.1, 0.15) is 12.8 Å². The lowest BCUT2D eigenvalue weighted by Crippen LogP contribution is -2.31. The van der Waals surface area contributed by atoms with Crippen LogP contribution in [0.15, 0.2) is 0 Å². The summed E-state index contributed by atoms with van der Waals surface area (Å²) in [5, 5.41) is 7.48. The molecule has 1 rings (SSSR count). The highest BCUT2D eigenvalue weighted by molar-refractivity contribution is 4.91. The molecule has 1 saturated heterocycles. The third-order valence-electron chi connectivity index (χ3n) is 1.63. The predicted molar refractivity (Wildman–Crippen MR) is 35.2 cm³/mol. The molecule has 1 unspecified atom stereocenters. The van der Waals surface area contributed by atoms with Crippen molar-refractivity contribution < 1.29 is 0 Å². The van der Waals surface area contributed by atoms with Crippen LogP contribution in [0.5, 0.6) is 0 Å². The minimum Gasteiger partial charge on any atom is -0.661 e. The SMILES string of the molecule is CNC1CCC[N-]C1. The lowest BCUT2D eigenvalue weighted by molar-refractivity contribution is 0.501. The molecule has 1 aliphatic heterocycles. The summed E-state index contributed by atoms with van der Waals surface area (Å²) in [6, 6.07) is 0.670. The van der Waals surface area contributed by atoms with Crippen molar-refractivity contribution in [1.29, 1.82) is 0 Å². The van der Waals surface area contributed by atoms with Crippen LogP contribution in [-0.2, 0) is 0 Å². The Labute approximate surface area is 50.7 Å². The maximum atomic E-state index is 4.27. The topological polar surface area (TPSA) is 26.1 Å². The molecule has 0 saturated carbocycles. The van der Waals surface area contributed by atoms with Gasteiger partial charge in [-0.05, 0) is 19.5 Å². The molecule has 0 spiro atoms. The van der Waals surface area contributed by atoms with Gasteiger partial charge in [0.1, 0.15) is 0 Å². The molecule has 1 fully saturated rings. The Bertz CT molecular complexity index is 57.5. The molecular weight excluding hydrogens is 100 g/mol. The Morgan fingerprint density at radius 1 is 1.62 bits per heavy atom. The van der Waals surface area contributed by atoms with Crippen molar-refractivity contribution in [2.75, 3.05) is 20.1 Å². The van der Waals surface area contributed by atoms with Crippen molar-refractivity contribution >= 4 is 0 Å². The van der Waals surface area contributed by atoms with Gasteiger partial charge in [0.2, 0.25) is 0 Å². The van der Waals surface area contributed by atoms with E-state index >= 15 is 0 Å². The molecule has 0 aromatic rings. The van der Waals surface area contributed by atoms with E-state index in [2.05, 4.69) is 10.6 Å². The average molecular weight is 113 g/mol. The van der Waals surface area contributed by atoms with Crippen LogP contribution in [0.25, 0.3) is 5.32 Å². The summed E-state index contributed by atoms with van der Waals surface area (Å²) in [5.41, 5.74) is 0. The van der Waals surface area contributed by atoms with Crippen LogP contribution < -0.4 is 5.32 Å². The smallest absolute Gasteiger partial charge is 0.0125 e. The minimum absolute atomic E-state index is 0.670. The molecule has 0 aromatic carbocycles. The third kappa shape index (κ3) is 1.46. The van der Waals surface area contributed by atoms with Gasteiger partial charge in [0.15, 0.2) is 0 Å². The summed E-state index contributed by atoms with van der Waals surface area (Å²) < 4.78 is 0. The van der Waals surface area contributed by atoms with Gasteiger partial charge in [-0.3, -0.25) is 0 Å². The van der Waals surface area contributed by atoms with Crippen molar-refractivity contribution in [1.82, 2.24) is 5.32 Å². The van der Waals surface area contributed by atoms with Gasteiger partial charge < -0.3 is 10.6 Å². The second-order valence-corrected chi connectivity index (χ2v) is 2.26. The molecule has 48 valence electrons. The van der Waals surface area contributed by atoms with Gasteiger partial charge in [-0.1, -0.05) is 6.42 Å². The van der Waals surface area contributed by atoms with Gasteiger partial charge in [-0.2, -0.15) is 0 Å². The zero-order chi connectivity index (χ0) is 5.82. The summed E-state index contributed by atoms with van der Waals surface area (Å²) in [6.07, 6.45) is 2.57. The molecule has 0 radical (unpaired) electrons. The first-order chi connectivity index (χ1) is 3.93. The zero-order valence-electron chi connectivity index (χ0n) is 5.35. The van der Waals surface area contributed by atoms with Gasteiger partial charge in [-0.15, -0.1) is 13.1 Å². The Balaban J connectivity index is 2.13. The predicted octanol–water partition coefficient (Wildman–Crippen LogP) is 0.742. The number of piperidine rings is 1. The molecule has 2 heteroatoms. The lowest BCUT2D eigenvalue weighted by Gasteiger charge is -2.32. The van der Waals surface area contributed by atoms with Crippen molar-refractivity contribution in [2.24, 2.45) is 0 Å². The zero-order valence-corrected chi connectivity index (χ0v) is 5.35. The van der Waals surface area contributed by atoms with Crippen molar-refractivity contribution in [3.63, 3.8) is 0 Å². The number of hydrogen-bond donors (Lipinski definition) is 1. The maximum Gasteiger partial charge on any atom is -0.0125 e. The molecule has 0 bridgehead atoms. The Morgan fingerprint density at radius 3 is 2.88 bits per heavy atom. The molecule has 0 aromatic heterocycles. The van der Waals surface area contributed by atoms with Gasteiger partial charge >= 0.3 is 0 Å². The van der Waals surface area contributed by atoms with Crippen LogP contribution in [0.4, 0.5) is 0 Å². The molecule has 1 aliphatic rings. The Hall–Kier alpha value is -0.0800. The van der Waals surface area contributed by atoms with Crippen LogP contribution in [0, 0.1) is 0 Å². The third-order valence-corrected chi connectivity index (χ3v) is 1.63. The monoisotopic (exact) mass is 113 g/mol. The highest BCUT2D eigenvalue weighted by Gasteiger charge is 2.01. The second kappa shape index (κ2) is 3.05. The molecule has 1 N–H and O–H groups in total. The van der Waals surface area contributed by atoms with Gasteiger partial charge in [0.25, 0.3) is 0 Å².